The maximum absolute atomic E-state index is 13.7. The van der Waals surface area contributed by atoms with E-state index < -0.39 is 23.3 Å². The van der Waals surface area contributed by atoms with Gasteiger partial charge in [0, 0.05) is 7.05 Å². The third-order valence-corrected chi connectivity index (χ3v) is 4.33. The second-order valence-electron chi connectivity index (χ2n) is 6.54. The normalized spacial score (nSPS) is 11.3. The van der Waals surface area contributed by atoms with Gasteiger partial charge in [0.1, 0.15) is 12.4 Å². The maximum atomic E-state index is 13.7. The van der Waals surface area contributed by atoms with Gasteiger partial charge in [0.15, 0.2) is 5.69 Å². The average Bonchev–Trinajstić information content (AvgIpc) is 3.14. The Balaban J connectivity index is 1.80. The van der Waals surface area contributed by atoms with Crippen molar-refractivity contribution in [1.82, 2.24) is 14.7 Å². The van der Waals surface area contributed by atoms with E-state index in [2.05, 4.69) is 5.10 Å². The molecule has 0 atom stereocenters. The van der Waals surface area contributed by atoms with Crippen LogP contribution in [0.3, 0.4) is 0 Å². The summed E-state index contributed by atoms with van der Waals surface area (Å²) in [5, 5.41) is 3.83. The van der Waals surface area contributed by atoms with Gasteiger partial charge in [-0.2, -0.15) is 18.3 Å². The standard InChI is InChI=1S/C21H20F3N3O2/c1-15-8-10-16(11-9-15)27-19(21(22,23)24)18(14-25-27)20(28)26(2)12-13-29-17-6-4-3-5-7-17/h3-11,14H,12-13H2,1-2H3. The minimum atomic E-state index is -4.74. The Morgan fingerprint density at radius 1 is 1.10 bits per heavy atom. The molecule has 0 N–H and O–H groups in total. The van der Waals surface area contributed by atoms with Crippen LogP contribution in [0.4, 0.5) is 13.2 Å². The van der Waals surface area contributed by atoms with Gasteiger partial charge in [-0.25, -0.2) is 4.68 Å². The van der Waals surface area contributed by atoms with E-state index in [9.17, 15) is 18.0 Å². The van der Waals surface area contributed by atoms with E-state index in [1.807, 2.05) is 13.0 Å². The van der Waals surface area contributed by atoms with Crippen LogP contribution in [-0.4, -0.2) is 40.8 Å². The van der Waals surface area contributed by atoms with Gasteiger partial charge in [0.2, 0.25) is 0 Å². The highest BCUT2D eigenvalue weighted by molar-refractivity contribution is 5.95. The van der Waals surface area contributed by atoms with Crippen molar-refractivity contribution in [2.75, 3.05) is 20.2 Å². The monoisotopic (exact) mass is 403 g/mol. The van der Waals surface area contributed by atoms with E-state index in [0.29, 0.717) is 5.75 Å². The molecule has 2 aromatic carbocycles. The lowest BCUT2D eigenvalue weighted by Crippen LogP contribution is -2.32. The number of nitrogens with zero attached hydrogens (tertiary/aromatic N) is 3. The molecule has 0 unspecified atom stereocenters. The molecule has 3 rings (SSSR count). The molecular formula is C21H20F3N3O2. The predicted octanol–water partition coefficient (Wildman–Crippen LogP) is 4.35. The molecule has 3 aromatic rings. The number of hydrogen-bond donors (Lipinski definition) is 0. The highest BCUT2D eigenvalue weighted by Gasteiger charge is 2.41. The third kappa shape index (κ3) is 4.77. The predicted molar refractivity (Wildman–Crippen MR) is 102 cm³/mol. The third-order valence-electron chi connectivity index (χ3n) is 4.33. The summed E-state index contributed by atoms with van der Waals surface area (Å²) in [4.78, 5) is 13.9. The largest absolute Gasteiger partial charge is 0.492 e. The molecule has 0 aliphatic heterocycles. The Hall–Kier alpha value is -3.29. The number of ether oxygens (including phenoxy) is 1. The summed E-state index contributed by atoms with van der Waals surface area (Å²) in [7, 11) is 1.43. The molecule has 0 aliphatic carbocycles. The average molecular weight is 403 g/mol. The van der Waals surface area contributed by atoms with Crippen molar-refractivity contribution < 1.29 is 22.7 Å². The molecule has 1 aromatic heterocycles. The van der Waals surface area contributed by atoms with Crippen molar-refractivity contribution in [2.24, 2.45) is 0 Å². The van der Waals surface area contributed by atoms with Crippen LogP contribution >= 0.6 is 0 Å². The fraction of sp³-hybridized carbons (Fsp3) is 0.238. The Bertz CT molecular complexity index is 967. The number of carbonyl (C=O) groups is 1. The van der Waals surface area contributed by atoms with Crippen LogP contribution in [0, 0.1) is 6.92 Å². The van der Waals surface area contributed by atoms with Gasteiger partial charge >= 0.3 is 6.18 Å². The minimum absolute atomic E-state index is 0.126. The van der Waals surface area contributed by atoms with Gasteiger partial charge in [-0.1, -0.05) is 35.9 Å². The summed E-state index contributed by atoms with van der Waals surface area (Å²) in [6.07, 6.45) is -3.78. The molecule has 0 saturated heterocycles. The van der Waals surface area contributed by atoms with Gasteiger partial charge in [-0.15, -0.1) is 0 Å². The van der Waals surface area contributed by atoms with Crippen molar-refractivity contribution in [3.63, 3.8) is 0 Å². The molecule has 0 saturated carbocycles. The minimum Gasteiger partial charge on any atom is -0.492 e. The molecule has 152 valence electrons. The molecule has 29 heavy (non-hydrogen) atoms. The molecule has 5 nitrogen and oxygen atoms in total. The Morgan fingerprint density at radius 3 is 2.38 bits per heavy atom. The van der Waals surface area contributed by atoms with Crippen LogP contribution in [-0.2, 0) is 6.18 Å². The number of halogens is 3. The Labute approximate surface area is 166 Å². The summed E-state index contributed by atoms with van der Waals surface area (Å²) in [6, 6.07) is 15.4. The van der Waals surface area contributed by atoms with Gasteiger partial charge < -0.3 is 9.64 Å². The summed E-state index contributed by atoms with van der Waals surface area (Å²) >= 11 is 0. The number of hydrogen-bond acceptors (Lipinski definition) is 3. The van der Waals surface area contributed by atoms with E-state index >= 15 is 0 Å². The fourth-order valence-corrected chi connectivity index (χ4v) is 2.78. The van der Waals surface area contributed by atoms with E-state index in [4.69, 9.17) is 4.74 Å². The lowest BCUT2D eigenvalue weighted by atomic mass is 10.2. The number of aryl methyl sites for hydroxylation is 1. The van der Waals surface area contributed by atoms with Crippen molar-refractivity contribution >= 4 is 5.91 Å². The quantitative estimate of drug-likeness (QED) is 0.615. The topological polar surface area (TPSA) is 47.4 Å². The van der Waals surface area contributed by atoms with Gasteiger partial charge in [0.25, 0.3) is 5.91 Å². The summed E-state index contributed by atoms with van der Waals surface area (Å²) in [6.45, 7) is 2.11. The fourth-order valence-electron chi connectivity index (χ4n) is 2.78. The second-order valence-corrected chi connectivity index (χ2v) is 6.54. The Morgan fingerprint density at radius 2 is 1.76 bits per heavy atom. The number of benzene rings is 2. The number of carbonyl (C=O) groups excluding carboxylic acids is 1. The van der Waals surface area contributed by atoms with E-state index in [1.165, 1.54) is 24.1 Å². The van der Waals surface area contributed by atoms with Gasteiger partial charge in [0.05, 0.1) is 24.0 Å². The summed E-state index contributed by atoms with van der Waals surface area (Å²) in [5.74, 6) is -0.149. The highest BCUT2D eigenvalue weighted by atomic mass is 19.4. The maximum Gasteiger partial charge on any atom is 0.434 e. The lowest BCUT2D eigenvalue weighted by Gasteiger charge is -2.19. The van der Waals surface area contributed by atoms with E-state index in [0.717, 1.165) is 16.4 Å². The van der Waals surface area contributed by atoms with Crippen LogP contribution in [0.2, 0.25) is 0 Å². The highest BCUT2D eigenvalue weighted by Crippen LogP contribution is 2.34. The van der Waals surface area contributed by atoms with Gasteiger partial charge in [-0.05, 0) is 31.2 Å². The van der Waals surface area contributed by atoms with E-state index in [-0.39, 0.29) is 18.8 Å². The van der Waals surface area contributed by atoms with Crippen LogP contribution in [0.15, 0.2) is 60.8 Å². The first kappa shape index (κ1) is 20.4. The number of likely N-dealkylation sites (N-methyl/N-ethyl adjacent to an activating group) is 1. The van der Waals surface area contributed by atoms with Crippen molar-refractivity contribution in [1.29, 1.82) is 0 Å². The van der Waals surface area contributed by atoms with Crippen LogP contribution in [0.1, 0.15) is 21.6 Å². The Kier molecular flexibility index (Phi) is 5.91. The molecule has 0 spiro atoms. The molecule has 0 radical (unpaired) electrons. The first-order chi connectivity index (χ1) is 13.8. The zero-order chi connectivity index (χ0) is 21.0. The van der Waals surface area contributed by atoms with Crippen molar-refractivity contribution in [2.45, 2.75) is 13.1 Å². The molecular weight excluding hydrogens is 383 g/mol. The number of amides is 1. The molecule has 0 bridgehead atoms. The number of rotatable bonds is 6. The zero-order valence-electron chi connectivity index (χ0n) is 16.0. The van der Waals surface area contributed by atoms with Crippen molar-refractivity contribution in [3.8, 4) is 11.4 Å². The van der Waals surface area contributed by atoms with E-state index in [1.54, 1.807) is 36.4 Å². The first-order valence-electron chi connectivity index (χ1n) is 8.93. The smallest absolute Gasteiger partial charge is 0.434 e. The van der Waals surface area contributed by atoms with Crippen molar-refractivity contribution in [3.05, 3.63) is 77.6 Å². The SMILES string of the molecule is Cc1ccc(-n2ncc(C(=O)N(C)CCOc3ccccc3)c2C(F)(F)F)cc1. The molecule has 1 heterocycles. The molecule has 8 heteroatoms. The molecule has 1 amide bonds. The number of aromatic nitrogens is 2. The van der Waals surface area contributed by atoms with Crippen LogP contribution in [0.25, 0.3) is 5.69 Å². The molecule has 0 fully saturated rings. The summed E-state index contributed by atoms with van der Waals surface area (Å²) in [5.41, 5.74) is -0.455. The first-order valence-corrected chi connectivity index (χ1v) is 8.93. The summed E-state index contributed by atoms with van der Waals surface area (Å²) < 4.78 is 47.5. The van der Waals surface area contributed by atoms with Gasteiger partial charge in [-0.3, -0.25) is 4.79 Å². The second kappa shape index (κ2) is 8.38. The molecule has 0 aliphatic rings. The zero-order valence-corrected chi connectivity index (χ0v) is 16.0. The van der Waals surface area contributed by atoms with Crippen LogP contribution in [0.5, 0.6) is 5.75 Å². The number of para-hydroxylation sites is 1. The number of alkyl halides is 3. The van der Waals surface area contributed by atoms with Crippen LogP contribution < -0.4 is 4.74 Å². The lowest BCUT2D eigenvalue weighted by molar-refractivity contribution is -0.143.